The number of benzene rings is 1. The van der Waals surface area contributed by atoms with Crippen LogP contribution >= 0.6 is 15.9 Å². The molecule has 0 unspecified atom stereocenters. The summed E-state index contributed by atoms with van der Waals surface area (Å²) in [6.07, 6.45) is 1.98. The molecule has 0 atom stereocenters. The van der Waals surface area contributed by atoms with Gasteiger partial charge in [0, 0.05) is 23.3 Å². The van der Waals surface area contributed by atoms with Gasteiger partial charge in [-0.05, 0) is 34.0 Å². The highest BCUT2D eigenvalue weighted by atomic mass is 79.9. The summed E-state index contributed by atoms with van der Waals surface area (Å²) in [5, 5.41) is 0. The highest BCUT2D eigenvalue weighted by Gasteiger charge is 2.12. The van der Waals surface area contributed by atoms with E-state index in [1.165, 1.54) is 0 Å². The molecule has 3 aromatic rings. The van der Waals surface area contributed by atoms with Gasteiger partial charge in [-0.2, -0.15) is 0 Å². The second kappa shape index (κ2) is 6.13. The van der Waals surface area contributed by atoms with Gasteiger partial charge in [0.05, 0.1) is 0 Å². The second-order valence-corrected chi connectivity index (χ2v) is 5.40. The Balaban J connectivity index is 2.24. The molecule has 21 heavy (non-hydrogen) atoms. The fourth-order valence-corrected chi connectivity index (χ4v) is 2.46. The Morgan fingerprint density at radius 3 is 2.76 bits per heavy atom. The number of hydrogen-bond acceptors (Lipinski definition) is 2. The largest absolute Gasteiger partial charge is 0.372 e. The summed E-state index contributed by atoms with van der Waals surface area (Å²) in [5.41, 5.74) is 3.68. The molecule has 2 aromatic heterocycles. The van der Waals surface area contributed by atoms with E-state index in [-0.39, 0.29) is 0 Å². The molecule has 0 N–H and O–H groups in total. The number of ether oxygens (including phenoxy) is 1. The second-order valence-electron chi connectivity index (χ2n) is 4.49. The van der Waals surface area contributed by atoms with Crippen molar-refractivity contribution >= 4 is 21.6 Å². The lowest BCUT2D eigenvalue weighted by molar-refractivity contribution is 0.240. The van der Waals surface area contributed by atoms with Crippen LogP contribution in [-0.4, -0.2) is 23.1 Å². The Hall–Kier alpha value is -2.09. The molecule has 0 amide bonds. The number of rotatable bonds is 2. The molecule has 0 aliphatic carbocycles. The van der Waals surface area contributed by atoms with Gasteiger partial charge in [-0.3, -0.25) is 4.40 Å². The minimum Gasteiger partial charge on any atom is -0.372 e. The van der Waals surface area contributed by atoms with Crippen molar-refractivity contribution < 1.29 is 4.74 Å². The Morgan fingerprint density at radius 2 is 2.00 bits per heavy atom. The van der Waals surface area contributed by atoms with Crippen LogP contribution in [0.25, 0.3) is 16.9 Å². The van der Waals surface area contributed by atoms with E-state index in [0.717, 1.165) is 27.1 Å². The van der Waals surface area contributed by atoms with E-state index in [1.54, 1.807) is 7.11 Å². The Morgan fingerprint density at radius 1 is 1.19 bits per heavy atom. The maximum absolute atomic E-state index is 5.01. The first-order chi connectivity index (χ1) is 10.3. The molecule has 104 valence electrons. The van der Waals surface area contributed by atoms with Crippen molar-refractivity contribution in [1.29, 1.82) is 0 Å². The van der Waals surface area contributed by atoms with Crippen LogP contribution in [0.5, 0.6) is 0 Å². The first-order valence-corrected chi connectivity index (χ1v) is 7.30. The van der Waals surface area contributed by atoms with Crippen LogP contribution in [0, 0.1) is 11.8 Å². The minimum atomic E-state index is 0.398. The van der Waals surface area contributed by atoms with Crippen LogP contribution in [0.15, 0.2) is 53.1 Å². The van der Waals surface area contributed by atoms with Crippen LogP contribution < -0.4 is 0 Å². The molecule has 0 aliphatic rings. The van der Waals surface area contributed by atoms with Gasteiger partial charge < -0.3 is 4.74 Å². The van der Waals surface area contributed by atoms with E-state index < -0.39 is 0 Å². The summed E-state index contributed by atoms with van der Waals surface area (Å²) in [4.78, 5) is 4.70. The van der Waals surface area contributed by atoms with Crippen molar-refractivity contribution in [2.75, 3.05) is 13.7 Å². The highest BCUT2D eigenvalue weighted by molar-refractivity contribution is 9.10. The minimum absolute atomic E-state index is 0.398. The van der Waals surface area contributed by atoms with E-state index in [9.17, 15) is 0 Å². The van der Waals surface area contributed by atoms with Crippen molar-refractivity contribution in [3.63, 3.8) is 0 Å². The summed E-state index contributed by atoms with van der Waals surface area (Å²) in [5.74, 6) is 6.18. The lowest BCUT2D eigenvalue weighted by atomic mass is 10.1. The zero-order valence-electron chi connectivity index (χ0n) is 11.5. The molecule has 0 saturated heterocycles. The average molecular weight is 341 g/mol. The fraction of sp³-hybridized carbons (Fsp3) is 0.118. The molecule has 0 bridgehead atoms. The number of fused-ring (bicyclic) bond motifs is 1. The Labute approximate surface area is 131 Å². The molecule has 3 rings (SSSR count). The molecule has 0 radical (unpaired) electrons. The number of nitrogens with zero attached hydrogens (tertiary/aromatic N) is 2. The van der Waals surface area contributed by atoms with Crippen molar-refractivity contribution in [3.8, 4) is 23.1 Å². The zero-order chi connectivity index (χ0) is 14.7. The first-order valence-electron chi connectivity index (χ1n) is 6.50. The summed E-state index contributed by atoms with van der Waals surface area (Å²) in [7, 11) is 1.64. The normalized spacial score (nSPS) is 10.4. The van der Waals surface area contributed by atoms with E-state index in [4.69, 9.17) is 9.72 Å². The number of imidazole rings is 1. The van der Waals surface area contributed by atoms with Gasteiger partial charge in [0.15, 0.2) is 0 Å². The van der Waals surface area contributed by atoms with Gasteiger partial charge in [-0.25, -0.2) is 4.98 Å². The lowest BCUT2D eigenvalue weighted by Crippen LogP contribution is -1.90. The molecule has 4 heteroatoms. The maximum atomic E-state index is 5.01. The zero-order valence-corrected chi connectivity index (χ0v) is 13.1. The van der Waals surface area contributed by atoms with Crippen molar-refractivity contribution in [3.05, 3.63) is 58.8 Å². The predicted molar refractivity (Wildman–Crippen MR) is 87.1 cm³/mol. The molecule has 0 spiro atoms. The number of pyridine rings is 1. The smallest absolute Gasteiger partial charge is 0.138 e. The first kappa shape index (κ1) is 13.9. The molecule has 0 saturated carbocycles. The quantitative estimate of drug-likeness (QED) is 0.664. The lowest BCUT2D eigenvalue weighted by Gasteiger charge is -1.99. The summed E-state index contributed by atoms with van der Waals surface area (Å²) in [6, 6.07) is 14.0. The number of halogens is 1. The van der Waals surface area contributed by atoms with Crippen molar-refractivity contribution in [2.24, 2.45) is 0 Å². The van der Waals surface area contributed by atoms with E-state index in [1.807, 2.05) is 53.1 Å². The van der Waals surface area contributed by atoms with Gasteiger partial charge in [-0.15, -0.1) is 0 Å². The molecular weight excluding hydrogens is 328 g/mol. The average Bonchev–Trinajstić information content (AvgIpc) is 2.87. The van der Waals surface area contributed by atoms with Crippen molar-refractivity contribution in [1.82, 2.24) is 9.38 Å². The van der Waals surface area contributed by atoms with Crippen LogP contribution in [0.3, 0.4) is 0 Å². The third kappa shape index (κ3) is 2.85. The Bertz CT molecular complexity index is 828. The molecular formula is C17H13BrN2O. The van der Waals surface area contributed by atoms with Crippen LogP contribution in [0.4, 0.5) is 0 Å². The monoisotopic (exact) mass is 340 g/mol. The van der Waals surface area contributed by atoms with Gasteiger partial charge >= 0.3 is 0 Å². The standard InChI is InChI=1S/C17H13BrN2O/c1-21-11-5-8-15-17(13-6-3-2-4-7-13)19-16-10-9-14(18)12-20(15)16/h2-4,6-7,9-10,12H,11H2,1H3. The summed E-state index contributed by atoms with van der Waals surface area (Å²) >= 11 is 3.49. The molecule has 3 nitrogen and oxygen atoms in total. The van der Waals surface area contributed by atoms with Crippen LogP contribution in [0.2, 0.25) is 0 Å². The molecule has 1 aromatic carbocycles. The fourth-order valence-electron chi connectivity index (χ4n) is 2.13. The summed E-state index contributed by atoms with van der Waals surface area (Å²) < 4.78 is 7.99. The molecule has 0 fully saturated rings. The third-order valence-electron chi connectivity index (χ3n) is 3.05. The number of methoxy groups -OCH3 is 1. The van der Waals surface area contributed by atoms with Crippen LogP contribution in [0.1, 0.15) is 5.69 Å². The molecule has 0 aliphatic heterocycles. The SMILES string of the molecule is COCC#Cc1c(-c2ccccc2)nc2ccc(Br)cn12. The maximum Gasteiger partial charge on any atom is 0.138 e. The topological polar surface area (TPSA) is 26.5 Å². The summed E-state index contributed by atoms with van der Waals surface area (Å²) in [6.45, 7) is 0.398. The highest BCUT2D eigenvalue weighted by Crippen LogP contribution is 2.25. The molecule has 2 heterocycles. The number of hydrogen-bond donors (Lipinski definition) is 0. The third-order valence-corrected chi connectivity index (χ3v) is 3.52. The predicted octanol–water partition coefficient (Wildman–Crippen LogP) is 3.76. The van der Waals surface area contributed by atoms with Crippen LogP contribution in [-0.2, 0) is 4.74 Å². The van der Waals surface area contributed by atoms with Gasteiger partial charge in [0.25, 0.3) is 0 Å². The van der Waals surface area contributed by atoms with E-state index >= 15 is 0 Å². The Kier molecular flexibility index (Phi) is 4.05. The van der Waals surface area contributed by atoms with Gasteiger partial charge in [-0.1, -0.05) is 36.3 Å². The van der Waals surface area contributed by atoms with Crippen molar-refractivity contribution in [2.45, 2.75) is 0 Å². The van der Waals surface area contributed by atoms with Gasteiger partial charge in [0.1, 0.15) is 23.6 Å². The van der Waals surface area contributed by atoms with Gasteiger partial charge in [0.2, 0.25) is 0 Å². The number of aromatic nitrogens is 2. The van der Waals surface area contributed by atoms with E-state index in [2.05, 4.69) is 27.8 Å². The van der Waals surface area contributed by atoms with E-state index in [0.29, 0.717) is 6.61 Å².